The minimum atomic E-state index is 0.361. The topological polar surface area (TPSA) is 50.3 Å². The zero-order chi connectivity index (χ0) is 14.2. The van der Waals surface area contributed by atoms with Gasteiger partial charge in [-0.1, -0.05) is 0 Å². The summed E-state index contributed by atoms with van der Waals surface area (Å²) in [6.07, 6.45) is 4.32. The molecule has 1 atom stereocenters. The molecule has 0 radical (unpaired) electrons. The van der Waals surface area contributed by atoms with Crippen molar-refractivity contribution in [3.63, 3.8) is 0 Å². The minimum Gasteiger partial charge on any atom is -0.377 e. The number of ether oxygens (including phenoxy) is 1. The van der Waals surface area contributed by atoms with Crippen LogP contribution in [-0.4, -0.2) is 48.4 Å². The first-order chi connectivity index (χ1) is 10.3. The van der Waals surface area contributed by atoms with Crippen molar-refractivity contribution in [1.82, 2.24) is 15.3 Å². The Morgan fingerprint density at radius 1 is 1.43 bits per heavy atom. The number of hydrogen-bond donors (Lipinski definition) is 1. The maximum Gasteiger partial charge on any atom is 0.150 e. The summed E-state index contributed by atoms with van der Waals surface area (Å²) in [6.45, 7) is 5.53. The van der Waals surface area contributed by atoms with E-state index in [9.17, 15) is 0 Å². The maximum absolute atomic E-state index is 5.68. The Bertz CT molecular complexity index is 640. The summed E-state index contributed by atoms with van der Waals surface area (Å²) in [5, 5.41) is 5.79. The molecule has 4 rings (SSSR count). The van der Waals surface area contributed by atoms with E-state index in [1.807, 2.05) is 0 Å². The van der Waals surface area contributed by atoms with Crippen molar-refractivity contribution in [3.05, 3.63) is 17.3 Å². The van der Waals surface area contributed by atoms with Gasteiger partial charge in [0.15, 0.2) is 0 Å². The lowest BCUT2D eigenvalue weighted by molar-refractivity contribution is 0.0934. The van der Waals surface area contributed by atoms with Crippen LogP contribution < -0.4 is 10.2 Å². The van der Waals surface area contributed by atoms with E-state index in [1.165, 1.54) is 23.1 Å². The van der Waals surface area contributed by atoms with Crippen molar-refractivity contribution < 1.29 is 4.74 Å². The first-order valence-corrected chi connectivity index (χ1v) is 8.47. The van der Waals surface area contributed by atoms with Crippen LogP contribution in [0.1, 0.15) is 18.4 Å². The Balaban J connectivity index is 1.63. The number of thiophene rings is 1. The average Bonchev–Trinajstić information content (AvgIpc) is 3.28. The predicted molar refractivity (Wildman–Crippen MR) is 85.1 cm³/mol. The Hall–Kier alpha value is -1.24. The van der Waals surface area contributed by atoms with Crippen molar-refractivity contribution in [2.75, 3.05) is 31.2 Å². The Kier molecular flexibility index (Phi) is 3.52. The van der Waals surface area contributed by atoms with Gasteiger partial charge in [-0.15, -0.1) is 11.3 Å². The van der Waals surface area contributed by atoms with E-state index < -0.39 is 0 Å². The molecule has 5 nitrogen and oxygen atoms in total. The first-order valence-electron chi connectivity index (χ1n) is 7.59. The van der Waals surface area contributed by atoms with Crippen molar-refractivity contribution >= 4 is 27.4 Å². The van der Waals surface area contributed by atoms with E-state index in [0.29, 0.717) is 6.04 Å². The fraction of sp³-hybridized carbons (Fsp3) is 0.600. The average molecular weight is 304 g/mol. The number of fused-ring (bicyclic) bond motifs is 1. The van der Waals surface area contributed by atoms with Crippen molar-refractivity contribution in [2.24, 2.45) is 0 Å². The molecule has 2 fully saturated rings. The molecule has 2 aromatic rings. The highest BCUT2D eigenvalue weighted by atomic mass is 32.1. The summed E-state index contributed by atoms with van der Waals surface area (Å²) in [5.41, 5.74) is 2.32. The van der Waals surface area contributed by atoms with Gasteiger partial charge in [0.2, 0.25) is 0 Å². The van der Waals surface area contributed by atoms with E-state index in [0.717, 1.165) is 43.7 Å². The second-order valence-corrected chi connectivity index (χ2v) is 6.78. The molecule has 112 valence electrons. The lowest BCUT2D eigenvalue weighted by Crippen LogP contribution is -2.51. The molecule has 1 aliphatic heterocycles. The second kappa shape index (κ2) is 5.51. The smallest absolute Gasteiger partial charge is 0.150 e. The lowest BCUT2D eigenvalue weighted by Gasteiger charge is -2.36. The third kappa shape index (κ3) is 2.63. The van der Waals surface area contributed by atoms with Gasteiger partial charge in [-0.2, -0.15) is 0 Å². The zero-order valence-corrected chi connectivity index (χ0v) is 13.0. The summed E-state index contributed by atoms with van der Waals surface area (Å²) in [5.74, 6) is 1.07. The first kappa shape index (κ1) is 13.4. The van der Waals surface area contributed by atoms with E-state index in [4.69, 9.17) is 4.74 Å². The highest BCUT2D eigenvalue weighted by Gasteiger charge is 2.29. The van der Waals surface area contributed by atoms with Gasteiger partial charge < -0.3 is 15.0 Å². The van der Waals surface area contributed by atoms with E-state index >= 15 is 0 Å². The summed E-state index contributed by atoms with van der Waals surface area (Å²) in [7, 11) is 0. The molecule has 1 saturated carbocycles. The molecule has 3 heterocycles. The molecule has 2 aliphatic rings. The van der Waals surface area contributed by atoms with Crippen molar-refractivity contribution in [1.29, 1.82) is 0 Å². The van der Waals surface area contributed by atoms with Gasteiger partial charge in [-0.25, -0.2) is 9.97 Å². The number of anilines is 1. The number of nitrogens with zero attached hydrogens (tertiary/aromatic N) is 3. The molecule has 0 aromatic carbocycles. The molecule has 1 unspecified atom stereocenters. The third-order valence-electron chi connectivity index (χ3n) is 4.23. The Labute approximate surface area is 128 Å². The van der Waals surface area contributed by atoms with Crippen LogP contribution in [0.4, 0.5) is 5.82 Å². The summed E-state index contributed by atoms with van der Waals surface area (Å²) in [4.78, 5) is 11.4. The SMILES string of the molecule is Cc1csc2c(N3CCOCC3CNC3CC3)ncnc12. The van der Waals surface area contributed by atoms with E-state index in [2.05, 4.69) is 32.5 Å². The monoisotopic (exact) mass is 304 g/mol. The van der Waals surface area contributed by atoms with Crippen LogP contribution in [0, 0.1) is 6.92 Å². The molecular formula is C15H20N4OS. The molecule has 2 aromatic heterocycles. The summed E-state index contributed by atoms with van der Waals surface area (Å²) < 4.78 is 6.88. The standard InChI is InChI=1S/C15H20N4OS/c1-10-8-21-14-13(10)17-9-18-15(14)19-4-5-20-7-12(19)6-16-11-2-3-11/h8-9,11-12,16H,2-7H2,1H3. The van der Waals surface area contributed by atoms with Crippen LogP contribution in [0.3, 0.4) is 0 Å². The van der Waals surface area contributed by atoms with E-state index in [1.54, 1.807) is 17.7 Å². The molecule has 0 bridgehead atoms. The number of rotatable bonds is 4. The molecule has 1 N–H and O–H groups in total. The van der Waals surface area contributed by atoms with Gasteiger partial charge in [0.05, 0.1) is 29.5 Å². The number of nitrogens with one attached hydrogen (secondary N) is 1. The Morgan fingerprint density at radius 3 is 3.19 bits per heavy atom. The highest BCUT2D eigenvalue weighted by Crippen LogP contribution is 2.32. The normalized spacial score (nSPS) is 22.9. The molecule has 21 heavy (non-hydrogen) atoms. The number of aromatic nitrogens is 2. The van der Waals surface area contributed by atoms with Crippen LogP contribution in [0.2, 0.25) is 0 Å². The van der Waals surface area contributed by atoms with Crippen LogP contribution >= 0.6 is 11.3 Å². The van der Waals surface area contributed by atoms with Crippen LogP contribution in [0.25, 0.3) is 10.2 Å². The maximum atomic E-state index is 5.68. The van der Waals surface area contributed by atoms with Crippen LogP contribution in [0.15, 0.2) is 11.7 Å². The largest absolute Gasteiger partial charge is 0.377 e. The third-order valence-corrected chi connectivity index (χ3v) is 5.31. The molecular weight excluding hydrogens is 284 g/mol. The van der Waals surface area contributed by atoms with Crippen LogP contribution in [-0.2, 0) is 4.74 Å². The molecule has 1 saturated heterocycles. The van der Waals surface area contributed by atoms with E-state index in [-0.39, 0.29) is 0 Å². The second-order valence-electron chi connectivity index (χ2n) is 5.90. The van der Waals surface area contributed by atoms with Gasteiger partial charge in [-0.3, -0.25) is 0 Å². The van der Waals surface area contributed by atoms with Gasteiger partial charge in [-0.05, 0) is 30.7 Å². The predicted octanol–water partition coefficient (Wildman–Crippen LogP) is 1.96. The molecule has 0 amide bonds. The number of hydrogen-bond acceptors (Lipinski definition) is 6. The zero-order valence-electron chi connectivity index (χ0n) is 12.2. The summed E-state index contributed by atoms with van der Waals surface area (Å²) >= 11 is 1.75. The van der Waals surface area contributed by atoms with Crippen molar-refractivity contribution in [3.8, 4) is 0 Å². The van der Waals surface area contributed by atoms with Gasteiger partial charge in [0, 0.05) is 19.1 Å². The number of aryl methyl sites for hydroxylation is 1. The van der Waals surface area contributed by atoms with Crippen molar-refractivity contribution in [2.45, 2.75) is 31.8 Å². The van der Waals surface area contributed by atoms with Crippen LogP contribution in [0.5, 0.6) is 0 Å². The highest BCUT2D eigenvalue weighted by molar-refractivity contribution is 7.18. The molecule has 6 heteroatoms. The van der Waals surface area contributed by atoms with Gasteiger partial charge in [0.25, 0.3) is 0 Å². The Morgan fingerprint density at radius 2 is 2.33 bits per heavy atom. The van der Waals surface area contributed by atoms with Gasteiger partial charge in [0.1, 0.15) is 12.1 Å². The van der Waals surface area contributed by atoms with Gasteiger partial charge >= 0.3 is 0 Å². The molecule has 0 spiro atoms. The fourth-order valence-corrected chi connectivity index (χ4v) is 3.86. The fourth-order valence-electron chi connectivity index (χ4n) is 2.85. The summed E-state index contributed by atoms with van der Waals surface area (Å²) in [6, 6.07) is 1.09. The quantitative estimate of drug-likeness (QED) is 0.936. The minimum absolute atomic E-state index is 0.361. The molecule has 1 aliphatic carbocycles. The number of morpholine rings is 1. The lowest BCUT2D eigenvalue weighted by atomic mass is 10.2.